The van der Waals surface area contributed by atoms with E-state index in [2.05, 4.69) is 9.97 Å². The molecule has 7 heteroatoms. The van der Waals surface area contributed by atoms with E-state index >= 15 is 0 Å². The normalized spacial score (nSPS) is 10.8. The van der Waals surface area contributed by atoms with Crippen molar-refractivity contribution in [3.63, 3.8) is 0 Å². The van der Waals surface area contributed by atoms with Crippen molar-refractivity contribution in [1.82, 2.24) is 9.97 Å². The van der Waals surface area contributed by atoms with Crippen LogP contribution in [-0.2, 0) is 0 Å². The Morgan fingerprint density at radius 1 is 1.04 bits per heavy atom. The second kappa shape index (κ2) is 6.49. The van der Waals surface area contributed by atoms with Gasteiger partial charge in [-0.25, -0.2) is 9.97 Å². The van der Waals surface area contributed by atoms with Crippen molar-refractivity contribution in [3.05, 3.63) is 58.8 Å². The summed E-state index contributed by atoms with van der Waals surface area (Å²) in [5.41, 5.74) is 0.946. The lowest BCUT2D eigenvalue weighted by molar-refractivity contribution is -0.384. The van der Waals surface area contributed by atoms with Crippen molar-refractivity contribution < 1.29 is 14.4 Å². The van der Waals surface area contributed by atoms with E-state index in [0.717, 1.165) is 5.75 Å². The first-order valence-electron chi connectivity index (χ1n) is 7.37. The number of hydrogen-bond acceptors (Lipinski definition) is 6. The van der Waals surface area contributed by atoms with Gasteiger partial charge in [-0.3, -0.25) is 10.1 Å². The van der Waals surface area contributed by atoms with Crippen LogP contribution in [0.3, 0.4) is 0 Å². The SMILES string of the molecule is CC(C)Oc1ccc(Oc2cnc3cc([N+](=O)[O-])ccc3n2)cc1. The van der Waals surface area contributed by atoms with Crippen LogP contribution in [0.1, 0.15) is 13.8 Å². The van der Waals surface area contributed by atoms with Crippen LogP contribution < -0.4 is 9.47 Å². The molecule has 0 aliphatic rings. The highest BCUT2D eigenvalue weighted by atomic mass is 16.6. The number of rotatable bonds is 5. The number of fused-ring (bicyclic) bond motifs is 1. The van der Waals surface area contributed by atoms with Crippen molar-refractivity contribution in [2.24, 2.45) is 0 Å². The monoisotopic (exact) mass is 325 g/mol. The molecule has 3 rings (SSSR count). The third-order valence-electron chi connectivity index (χ3n) is 3.13. The number of nitro groups is 1. The Kier molecular flexibility index (Phi) is 4.24. The lowest BCUT2D eigenvalue weighted by atomic mass is 10.2. The average molecular weight is 325 g/mol. The Labute approximate surface area is 138 Å². The maximum Gasteiger partial charge on any atom is 0.271 e. The molecule has 0 radical (unpaired) electrons. The van der Waals surface area contributed by atoms with Crippen LogP contribution in [0.25, 0.3) is 11.0 Å². The van der Waals surface area contributed by atoms with Gasteiger partial charge in [0.15, 0.2) is 0 Å². The molecule has 2 aromatic carbocycles. The largest absolute Gasteiger partial charge is 0.491 e. The highest BCUT2D eigenvalue weighted by Gasteiger charge is 2.09. The van der Waals surface area contributed by atoms with Crippen LogP contribution in [-0.4, -0.2) is 21.0 Å². The molecule has 0 N–H and O–H groups in total. The van der Waals surface area contributed by atoms with Gasteiger partial charge in [0.2, 0.25) is 5.88 Å². The van der Waals surface area contributed by atoms with E-state index in [4.69, 9.17) is 9.47 Å². The van der Waals surface area contributed by atoms with Gasteiger partial charge in [-0.2, -0.15) is 0 Å². The molecule has 24 heavy (non-hydrogen) atoms. The smallest absolute Gasteiger partial charge is 0.271 e. The zero-order valence-electron chi connectivity index (χ0n) is 13.2. The molecule has 0 atom stereocenters. The summed E-state index contributed by atoms with van der Waals surface area (Å²) in [6, 6.07) is 11.5. The summed E-state index contributed by atoms with van der Waals surface area (Å²) in [4.78, 5) is 18.8. The van der Waals surface area contributed by atoms with Crippen LogP contribution in [0, 0.1) is 10.1 Å². The molecule has 0 unspecified atom stereocenters. The maximum atomic E-state index is 10.8. The second-order valence-corrected chi connectivity index (χ2v) is 5.38. The van der Waals surface area contributed by atoms with Gasteiger partial charge in [0, 0.05) is 12.1 Å². The highest BCUT2D eigenvalue weighted by Crippen LogP contribution is 2.25. The number of non-ortho nitro benzene ring substituents is 1. The van der Waals surface area contributed by atoms with Gasteiger partial charge in [-0.05, 0) is 44.2 Å². The predicted molar refractivity (Wildman–Crippen MR) is 88.5 cm³/mol. The fraction of sp³-hybridized carbons (Fsp3) is 0.176. The minimum Gasteiger partial charge on any atom is -0.491 e. The van der Waals surface area contributed by atoms with Gasteiger partial charge in [-0.15, -0.1) is 0 Å². The molecule has 0 aliphatic carbocycles. The van der Waals surface area contributed by atoms with E-state index in [1.54, 1.807) is 18.2 Å². The molecular formula is C17H15N3O4. The zero-order valence-corrected chi connectivity index (χ0v) is 13.2. The first-order chi connectivity index (χ1) is 11.5. The Balaban J connectivity index is 1.80. The summed E-state index contributed by atoms with van der Waals surface area (Å²) in [6.45, 7) is 3.92. The first kappa shape index (κ1) is 15.7. The van der Waals surface area contributed by atoms with E-state index in [-0.39, 0.29) is 11.8 Å². The van der Waals surface area contributed by atoms with Gasteiger partial charge in [0.25, 0.3) is 5.69 Å². The van der Waals surface area contributed by atoms with Gasteiger partial charge >= 0.3 is 0 Å². The van der Waals surface area contributed by atoms with Crippen molar-refractivity contribution >= 4 is 16.7 Å². The van der Waals surface area contributed by atoms with E-state index in [1.807, 2.05) is 26.0 Å². The predicted octanol–water partition coefficient (Wildman–Crippen LogP) is 4.12. The Hall–Kier alpha value is -3.22. The number of nitro benzene ring substituents is 1. The zero-order chi connectivity index (χ0) is 17.1. The van der Waals surface area contributed by atoms with E-state index in [9.17, 15) is 10.1 Å². The van der Waals surface area contributed by atoms with Gasteiger partial charge in [0.05, 0.1) is 28.3 Å². The van der Waals surface area contributed by atoms with Crippen molar-refractivity contribution in [3.8, 4) is 17.4 Å². The van der Waals surface area contributed by atoms with Crippen molar-refractivity contribution in [1.29, 1.82) is 0 Å². The molecule has 0 saturated heterocycles. The molecule has 3 aromatic rings. The molecule has 1 aromatic heterocycles. The van der Waals surface area contributed by atoms with E-state index < -0.39 is 4.92 Å². The minimum absolute atomic E-state index is 0.0220. The summed E-state index contributed by atoms with van der Waals surface area (Å²) in [6.07, 6.45) is 1.54. The van der Waals surface area contributed by atoms with E-state index in [1.165, 1.54) is 18.3 Å². The summed E-state index contributed by atoms with van der Waals surface area (Å²) >= 11 is 0. The number of hydrogen-bond donors (Lipinski definition) is 0. The molecule has 0 amide bonds. The number of nitrogens with zero attached hydrogens (tertiary/aromatic N) is 3. The average Bonchev–Trinajstić information content (AvgIpc) is 2.55. The fourth-order valence-corrected chi connectivity index (χ4v) is 2.12. The molecule has 7 nitrogen and oxygen atoms in total. The summed E-state index contributed by atoms with van der Waals surface area (Å²) < 4.78 is 11.2. The molecule has 0 saturated carbocycles. The summed E-state index contributed by atoms with van der Waals surface area (Å²) in [5.74, 6) is 1.67. The standard InChI is InChI=1S/C17H15N3O4/c1-11(2)23-13-4-6-14(7-5-13)24-17-10-18-16-9-12(20(21)22)3-8-15(16)19-17/h3-11H,1-2H3. The minimum atomic E-state index is -0.466. The molecule has 0 spiro atoms. The summed E-state index contributed by atoms with van der Waals surface area (Å²) in [5, 5.41) is 10.8. The molecule has 0 aliphatic heterocycles. The van der Waals surface area contributed by atoms with Gasteiger partial charge in [-0.1, -0.05) is 0 Å². The van der Waals surface area contributed by atoms with Crippen LogP contribution in [0.4, 0.5) is 5.69 Å². The second-order valence-electron chi connectivity index (χ2n) is 5.38. The Morgan fingerprint density at radius 2 is 1.75 bits per heavy atom. The Bertz CT molecular complexity index is 879. The quantitative estimate of drug-likeness (QED) is 0.518. The lowest BCUT2D eigenvalue weighted by Gasteiger charge is -2.10. The number of aromatic nitrogens is 2. The van der Waals surface area contributed by atoms with Crippen LogP contribution >= 0.6 is 0 Å². The van der Waals surface area contributed by atoms with Crippen LogP contribution in [0.2, 0.25) is 0 Å². The van der Waals surface area contributed by atoms with Crippen molar-refractivity contribution in [2.45, 2.75) is 20.0 Å². The van der Waals surface area contributed by atoms with Gasteiger partial charge < -0.3 is 9.47 Å². The Morgan fingerprint density at radius 3 is 2.42 bits per heavy atom. The van der Waals surface area contributed by atoms with Crippen molar-refractivity contribution in [2.75, 3.05) is 0 Å². The topological polar surface area (TPSA) is 87.4 Å². The van der Waals surface area contributed by atoms with Crippen LogP contribution in [0.15, 0.2) is 48.7 Å². The van der Waals surface area contributed by atoms with Gasteiger partial charge in [0.1, 0.15) is 11.5 Å². The maximum absolute atomic E-state index is 10.8. The first-order valence-corrected chi connectivity index (χ1v) is 7.37. The van der Waals surface area contributed by atoms with Crippen LogP contribution in [0.5, 0.6) is 17.4 Å². The molecule has 1 heterocycles. The third kappa shape index (κ3) is 3.57. The third-order valence-corrected chi connectivity index (χ3v) is 3.13. The highest BCUT2D eigenvalue weighted by molar-refractivity contribution is 5.77. The molecule has 0 bridgehead atoms. The number of ether oxygens (including phenoxy) is 2. The molecular weight excluding hydrogens is 310 g/mol. The molecule has 0 fully saturated rings. The lowest BCUT2D eigenvalue weighted by Crippen LogP contribution is -2.05. The molecule has 122 valence electrons. The summed E-state index contributed by atoms with van der Waals surface area (Å²) in [7, 11) is 0. The fourth-order valence-electron chi connectivity index (χ4n) is 2.12. The number of benzene rings is 2. The van der Waals surface area contributed by atoms with E-state index in [0.29, 0.717) is 22.7 Å².